The minimum absolute atomic E-state index is 0. The second-order valence-corrected chi connectivity index (χ2v) is 17.3. The number of hydrogen-bond acceptors (Lipinski definition) is 0. The summed E-state index contributed by atoms with van der Waals surface area (Å²) in [6, 6.07) is 0. The van der Waals surface area contributed by atoms with Crippen molar-refractivity contribution in [2.24, 2.45) is 0 Å². The van der Waals surface area contributed by atoms with Gasteiger partial charge in [-0.15, -0.1) is 0 Å². The predicted octanol–water partition coefficient (Wildman–Crippen LogP) is 3.19. The fourth-order valence-corrected chi connectivity index (χ4v) is 6.89. The molecule has 0 atom stereocenters. The highest BCUT2D eigenvalue weighted by atomic mass is 127. The third kappa shape index (κ3) is 42.0. The number of hydrogen-bond donors (Lipinski definition) is 0. The molecule has 0 bridgehead atoms. The van der Waals surface area contributed by atoms with Crippen LogP contribution in [0.5, 0.6) is 0 Å². The van der Waals surface area contributed by atoms with Gasteiger partial charge in [0.15, 0.2) is 0 Å². The predicted molar refractivity (Wildman–Crippen MR) is 206 cm³/mol. The van der Waals surface area contributed by atoms with Crippen LogP contribution in [0.25, 0.3) is 0 Å². The van der Waals surface area contributed by atoms with Crippen molar-refractivity contribution in [3.63, 3.8) is 0 Å². The lowest BCUT2D eigenvalue weighted by atomic mass is 10.0. The summed E-state index contributed by atoms with van der Waals surface area (Å²) in [6.45, 7) is 12.5. The first-order chi connectivity index (χ1) is 21.5. The molecule has 0 aliphatic heterocycles. The summed E-state index contributed by atoms with van der Waals surface area (Å²) in [7, 11) is 14.8. The Kier molecular flexibility index (Phi) is 44.9. The lowest BCUT2D eigenvalue weighted by Gasteiger charge is -2.38. The van der Waals surface area contributed by atoms with Gasteiger partial charge in [0, 0.05) is 0 Å². The maximum Gasteiger partial charge on any atom is 0.128 e. The first-order valence-corrected chi connectivity index (χ1v) is 21.0. The van der Waals surface area contributed by atoms with Gasteiger partial charge in [-0.25, -0.2) is 0 Å². The molecule has 0 spiro atoms. The standard InChI is InChI=1S/C42H92N3.2BrH.HI/c1-9-11-13-15-17-19-21-23-25-27-29-31-33-35-37-43(3,4)39-41-45(7,8)42-40-44(5,6)38-36-34-32-30-28-26-24-22-20-18-16-14-12-10-2;;;/h9-42H2,1-8H3;3*1H/q+3;;;/p-3. The SMILES string of the molecule is CCCCCCCCCCCCCCCC[N+](C)(C)CC[N+](C)(C)CC[N+](C)(C)CCCCCCCCCCCCCCCC.[Br-].[Br-].[I-]. The molecule has 0 radical (unpaired) electrons. The first kappa shape index (κ1) is 56.3. The Balaban J connectivity index is -0.00000323. The highest BCUT2D eigenvalue weighted by molar-refractivity contribution is 4.51. The number of likely N-dealkylation sites (N-methyl/N-ethyl adjacent to an activating group) is 3. The van der Waals surface area contributed by atoms with Crippen LogP contribution >= 0.6 is 0 Å². The summed E-state index contributed by atoms with van der Waals surface area (Å²) in [5, 5.41) is 0. The van der Waals surface area contributed by atoms with Gasteiger partial charge < -0.3 is 71.4 Å². The minimum Gasteiger partial charge on any atom is -1.00 e. The van der Waals surface area contributed by atoms with Crippen molar-refractivity contribution >= 4 is 0 Å². The van der Waals surface area contributed by atoms with E-state index in [0.717, 1.165) is 0 Å². The maximum absolute atomic E-state index is 2.47. The van der Waals surface area contributed by atoms with Crippen molar-refractivity contribution in [1.82, 2.24) is 0 Å². The van der Waals surface area contributed by atoms with Crippen LogP contribution in [-0.4, -0.2) is 95.0 Å². The van der Waals surface area contributed by atoms with E-state index in [4.69, 9.17) is 0 Å². The molecule has 48 heavy (non-hydrogen) atoms. The Hall–Kier alpha value is 1.57. The molecule has 0 saturated carbocycles. The van der Waals surface area contributed by atoms with Crippen molar-refractivity contribution in [2.45, 2.75) is 194 Å². The minimum atomic E-state index is 0. The normalized spacial score (nSPS) is 12.0. The molecule has 0 unspecified atom stereocenters. The molecule has 0 N–H and O–H groups in total. The van der Waals surface area contributed by atoms with E-state index < -0.39 is 0 Å². The average molecular weight is 926 g/mol. The molecule has 6 heteroatoms. The lowest BCUT2D eigenvalue weighted by molar-refractivity contribution is -0.967. The van der Waals surface area contributed by atoms with Crippen molar-refractivity contribution in [3.05, 3.63) is 0 Å². The molecule has 0 aliphatic rings. The third-order valence-corrected chi connectivity index (χ3v) is 10.9. The molecule has 3 nitrogen and oxygen atoms in total. The summed E-state index contributed by atoms with van der Waals surface area (Å²) in [5.41, 5.74) is 0. The van der Waals surface area contributed by atoms with E-state index in [-0.39, 0.29) is 57.9 Å². The molecule has 296 valence electrons. The summed E-state index contributed by atoms with van der Waals surface area (Å²) < 4.78 is 3.55. The number of rotatable bonds is 36. The number of quaternary nitrogens is 3. The fraction of sp³-hybridized carbons (Fsp3) is 1.00. The summed E-state index contributed by atoms with van der Waals surface area (Å²) >= 11 is 0. The summed E-state index contributed by atoms with van der Waals surface area (Å²) in [4.78, 5) is 0. The van der Waals surface area contributed by atoms with Crippen molar-refractivity contribution in [3.8, 4) is 0 Å². The van der Waals surface area contributed by atoms with Crippen LogP contribution in [0.1, 0.15) is 194 Å². The van der Waals surface area contributed by atoms with Crippen LogP contribution in [0.4, 0.5) is 0 Å². The Morgan fingerprint density at radius 2 is 0.375 bits per heavy atom. The van der Waals surface area contributed by atoms with Crippen molar-refractivity contribution in [1.29, 1.82) is 0 Å². The molecule has 0 amide bonds. The summed E-state index contributed by atoms with van der Waals surface area (Å²) in [6.07, 6.45) is 40.6. The van der Waals surface area contributed by atoms with Crippen LogP contribution in [0, 0.1) is 0 Å². The van der Waals surface area contributed by atoms with Gasteiger partial charge in [0.25, 0.3) is 0 Å². The second kappa shape index (κ2) is 38.3. The molecule has 0 aromatic rings. The fourth-order valence-electron chi connectivity index (χ4n) is 6.89. The smallest absolute Gasteiger partial charge is 0.128 e. The molecule has 0 rings (SSSR count). The molecule has 0 aromatic heterocycles. The quantitative estimate of drug-likeness (QED) is 0.0516. The molecule has 0 heterocycles. The Morgan fingerprint density at radius 1 is 0.229 bits per heavy atom. The third-order valence-electron chi connectivity index (χ3n) is 10.9. The van der Waals surface area contributed by atoms with Crippen molar-refractivity contribution in [2.75, 3.05) is 81.6 Å². The Bertz CT molecular complexity index is 566. The first-order valence-electron chi connectivity index (χ1n) is 21.0. The molecular weight excluding hydrogens is 833 g/mol. The second-order valence-electron chi connectivity index (χ2n) is 17.3. The van der Waals surface area contributed by atoms with E-state index in [1.54, 1.807) is 0 Å². The van der Waals surface area contributed by atoms with E-state index in [9.17, 15) is 0 Å². The molecular formula is C42H92Br2IN3. The van der Waals surface area contributed by atoms with Crippen LogP contribution in [0.15, 0.2) is 0 Å². The van der Waals surface area contributed by atoms with E-state index in [2.05, 4.69) is 56.1 Å². The molecule has 0 fully saturated rings. The van der Waals surface area contributed by atoms with E-state index in [0.29, 0.717) is 0 Å². The lowest BCUT2D eigenvalue weighted by Crippen LogP contribution is -3.00. The van der Waals surface area contributed by atoms with Gasteiger partial charge >= 0.3 is 0 Å². The molecule has 0 saturated heterocycles. The molecule has 0 aromatic carbocycles. The summed E-state index contributed by atoms with van der Waals surface area (Å²) in [5.74, 6) is 0. The zero-order valence-corrected chi connectivity index (χ0v) is 39.8. The van der Waals surface area contributed by atoms with Gasteiger partial charge in [0.1, 0.15) is 26.2 Å². The molecule has 0 aliphatic carbocycles. The van der Waals surface area contributed by atoms with Gasteiger partial charge in [0.2, 0.25) is 0 Å². The zero-order chi connectivity index (χ0) is 33.5. The monoisotopic (exact) mass is 923 g/mol. The van der Waals surface area contributed by atoms with Crippen LogP contribution in [0.3, 0.4) is 0 Å². The maximum atomic E-state index is 2.47. The van der Waals surface area contributed by atoms with Crippen LogP contribution in [-0.2, 0) is 0 Å². The zero-order valence-electron chi connectivity index (χ0n) is 34.5. The van der Waals surface area contributed by atoms with Gasteiger partial charge in [-0.05, 0) is 25.7 Å². The van der Waals surface area contributed by atoms with E-state index >= 15 is 0 Å². The highest BCUT2D eigenvalue weighted by Gasteiger charge is 2.26. The van der Waals surface area contributed by atoms with Crippen LogP contribution < -0.4 is 57.9 Å². The van der Waals surface area contributed by atoms with E-state index in [1.165, 1.54) is 233 Å². The number of nitrogens with zero attached hydrogens (tertiary/aromatic N) is 3. The van der Waals surface area contributed by atoms with E-state index in [1.807, 2.05) is 0 Å². The van der Waals surface area contributed by atoms with Crippen LogP contribution in [0.2, 0.25) is 0 Å². The van der Waals surface area contributed by atoms with Gasteiger partial charge in [-0.3, -0.25) is 0 Å². The van der Waals surface area contributed by atoms with Gasteiger partial charge in [-0.2, -0.15) is 0 Å². The number of halogens is 3. The Labute approximate surface area is 344 Å². The largest absolute Gasteiger partial charge is 1.00 e. The highest BCUT2D eigenvalue weighted by Crippen LogP contribution is 2.16. The topological polar surface area (TPSA) is 0 Å². The van der Waals surface area contributed by atoms with Crippen molar-refractivity contribution < 1.29 is 71.4 Å². The van der Waals surface area contributed by atoms with Gasteiger partial charge in [0.05, 0.1) is 55.4 Å². The average Bonchev–Trinajstić information content (AvgIpc) is 3.00. The van der Waals surface area contributed by atoms with Gasteiger partial charge in [-0.1, -0.05) is 168 Å². The number of unbranched alkanes of at least 4 members (excludes halogenated alkanes) is 26. The Morgan fingerprint density at radius 3 is 0.562 bits per heavy atom.